The third-order valence-corrected chi connectivity index (χ3v) is 4.01. The summed E-state index contributed by atoms with van der Waals surface area (Å²) in [6.07, 6.45) is 3.37. The number of nitrogens with one attached hydrogen (secondary N) is 3. The maximum absolute atomic E-state index is 12.3. The second-order valence-electron chi connectivity index (χ2n) is 6.01. The molecule has 0 atom stereocenters. The molecule has 7 nitrogen and oxygen atoms in total. The highest BCUT2D eigenvalue weighted by Gasteiger charge is 2.12. The third-order valence-electron chi connectivity index (χ3n) is 4.01. The van der Waals surface area contributed by atoms with Crippen LogP contribution in [0.4, 0.5) is 11.4 Å². The Morgan fingerprint density at radius 2 is 1.81 bits per heavy atom. The summed E-state index contributed by atoms with van der Waals surface area (Å²) in [6.45, 7) is 0. The Kier molecular flexibility index (Phi) is 4.40. The lowest BCUT2D eigenvalue weighted by molar-refractivity contribution is -0.115. The van der Waals surface area contributed by atoms with Crippen LogP contribution in [0.5, 0.6) is 0 Å². The van der Waals surface area contributed by atoms with Gasteiger partial charge in [0.05, 0.1) is 18.3 Å². The first-order chi connectivity index (χ1) is 13.2. The fourth-order valence-corrected chi connectivity index (χ4v) is 2.70. The SMILES string of the molecule is O=C(Cc1ccc(NC(=O)c2cc3ccccc3o2)cc1)Nc1cn[nH]c1. The molecule has 0 aliphatic heterocycles. The highest BCUT2D eigenvalue weighted by Crippen LogP contribution is 2.20. The molecule has 3 N–H and O–H groups in total. The van der Waals surface area contributed by atoms with Crippen LogP contribution in [0.3, 0.4) is 0 Å². The first-order valence-corrected chi connectivity index (χ1v) is 8.35. The zero-order valence-corrected chi connectivity index (χ0v) is 14.2. The molecule has 0 radical (unpaired) electrons. The van der Waals surface area contributed by atoms with E-state index in [9.17, 15) is 9.59 Å². The maximum atomic E-state index is 12.3. The molecule has 134 valence electrons. The second kappa shape index (κ2) is 7.17. The molecule has 0 bridgehead atoms. The summed E-state index contributed by atoms with van der Waals surface area (Å²) in [6, 6.07) is 16.2. The molecule has 0 saturated heterocycles. The van der Waals surface area contributed by atoms with Crippen LogP contribution in [0, 0.1) is 0 Å². The molecule has 0 saturated carbocycles. The smallest absolute Gasteiger partial charge is 0.291 e. The van der Waals surface area contributed by atoms with Crippen molar-refractivity contribution in [1.29, 1.82) is 0 Å². The average Bonchev–Trinajstić information content (AvgIpc) is 3.32. The molecule has 0 unspecified atom stereocenters. The van der Waals surface area contributed by atoms with Crippen LogP contribution in [0.15, 0.2) is 71.4 Å². The first kappa shape index (κ1) is 16.6. The van der Waals surface area contributed by atoms with Crippen LogP contribution in [-0.2, 0) is 11.2 Å². The Hall–Kier alpha value is -3.87. The zero-order valence-electron chi connectivity index (χ0n) is 14.2. The highest BCUT2D eigenvalue weighted by atomic mass is 16.3. The van der Waals surface area contributed by atoms with Crippen LogP contribution < -0.4 is 10.6 Å². The Morgan fingerprint density at radius 3 is 2.56 bits per heavy atom. The molecule has 2 heterocycles. The van der Waals surface area contributed by atoms with E-state index >= 15 is 0 Å². The monoisotopic (exact) mass is 360 g/mol. The van der Waals surface area contributed by atoms with Crippen LogP contribution in [0.1, 0.15) is 16.1 Å². The molecular formula is C20H16N4O3. The standard InChI is InChI=1S/C20H16N4O3/c25-19(23-16-11-21-22-12-16)9-13-5-7-15(8-6-13)24-20(26)18-10-14-3-1-2-4-17(14)27-18/h1-8,10-12H,9H2,(H,21,22)(H,23,25)(H,24,26). The van der Waals surface area contributed by atoms with Gasteiger partial charge >= 0.3 is 0 Å². The topological polar surface area (TPSA) is 100 Å². The van der Waals surface area contributed by atoms with Gasteiger partial charge in [-0.05, 0) is 29.8 Å². The number of nitrogens with zero attached hydrogens (tertiary/aromatic N) is 1. The highest BCUT2D eigenvalue weighted by molar-refractivity contribution is 6.04. The molecule has 4 aromatic rings. The number of H-pyrrole nitrogens is 1. The molecule has 2 aromatic heterocycles. The molecule has 27 heavy (non-hydrogen) atoms. The van der Waals surface area contributed by atoms with Crippen LogP contribution in [-0.4, -0.2) is 22.0 Å². The molecule has 2 amide bonds. The predicted molar refractivity (Wildman–Crippen MR) is 102 cm³/mol. The van der Waals surface area contributed by atoms with Gasteiger partial charge in [0.2, 0.25) is 5.91 Å². The number of fused-ring (bicyclic) bond motifs is 1. The third kappa shape index (κ3) is 3.87. The number of benzene rings is 2. The van der Waals surface area contributed by atoms with E-state index in [1.54, 1.807) is 36.5 Å². The average molecular weight is 360 g/mol. The van der Waals surface area contributed by atoms with E-state index in [2.05, 4.69) is 20.8 Å². The number of carbonyl (C=O) groups excluding carboxylic acids is 2. The fourth-order valence-electron chi connectivity index (χ4n) is 2.70. The van der Waals surface area contributed by atoms with Crippen molar-refractivity contribution in [3.63, 3.8) is 0 Å². The van der Waals surface area contributed by atoms with Gasteiger partial charge in [-0.2, -0.15) is 5.10 Å². The van der Waals surface area contributed by atoms with Crippen molar-refractivity contribution in [2.45, 2.75) is 6.42 Å². The van der Waals surface area contributed by atoms with Gasteiger partial charge in [0, 0.05) is 17.3 Å². The van der Waals surface area contributed by atoms with Crippen molar-refractivity contribution in [1.82, 2.24) is 10.2 Å². The van der Waals surface area contributed by atoms with E-state index in [0.717, 1.165) is 10.9 Å². The van der Waals surface area contributed by atoms with Gasteiger partial charge in [0.15, 0.2) is 5.76 Å². The summed E-state index contributed by atoms with van der Waals surface area (Å²) < 4.78 is 5.56. The largest absolute Gasteiger partial charge is 0.451 e. The van der Waals surface area contributed by atoms with Crippen molar-refractivity contribution in [2.75, 3.05) is 10.6 Å². The summed E-state index contributed by atoms with van der Waals surface area (Å²) in [5.41, 5.74) is 2.74. The first-order valence-electron chi connectivity index (χ1n) is 8.35. The lowest BCUT2D eigenvalue weighted by Gasteiger charge is -2.06. The van der Waals surface area contributed by atoms with Crippen molar-refractivity contribution in [3.05, 3.63) is 78.3 Å². The Balaban J connectivity index is 1.38. The number of amides is 2. The molecular weight excluding hydrogens is 344 g/mol. The molecule has 0 aliphatic carbocycles. The number of para-hydroxylation sites is 1. The second-order valence-corrected chi connectivity index (χ2v) is 6.01. The normalized spacial score (nSPS) is 10.7. The van der Waals surface area contributed by atoms with Gasteiger partial charge in [-0.25, -0.2) is 0 Å². The lowest BCUT2D eigenvalue weighted by Crippen LogP contribution is -2.14. The van der Waals surface area contributed by atoms with E-state index in [1.165, 1.54) is 6.20 Å². The van der Waals surface area contributed by atoms with Crippen molar-refractivity contribution in [2.24, 2.45) is 0 Å². The number of aromatic amines is 1. The van der Waals surface area contributed by atoms with Gasteiger partial charge in [0.1, 0.15) is 5.58 Å². The minimum atomic E-state index is -0.323. The predicted octanol–water partition coefficient (Wildman–Crippen LogP) is 3.59. The molecule has 2 aromatic carbocycles. The molecule has 0 spiro atoms. The number of aromatic nitrogens is 2. The summed E-state index contributed by atoms with van der Waals surface area (Å²) in [5.74, 6) is -0.216. The van der Waals surface area contributed by atoms with E-state index in [1.807, 2.05) is 24.3 Å². The van der Waals surface area contributed by atoms with Crippen molar-refractivity contribution >= 4 is 34.2 Å². The molecule has 4 rings (SSSR count). The lowest BCUT2D eigenvalue weighted by atomic mass is 10.1. The van der Waals surface area contributed by atoms with Gasteiger partial charge in [-0.1, -0.05) is 30.3 Å². The number of hydrogen-bond donors (Lipinski definition) is 3. The van der Waals surface area contributed by atoms with Crippen molar-refractivity contribution in [3.8, 4) is 0 Å². The molecule has 0 fully saturated rings. The zero-order chi connectivity index (χ0) is 18.6. The number of anilines is 2. The van der Waals surface area contributed by atoms with Gasteiger partial charge in [0.25, 0.3) is 5.91 Å². The Morgan fingerprint density at radius 1 is 1.00 bits per heavy atom. The van der Waals surface area contributed by atoms with Crippen LogP contribution in [0.25, 0.3) is 11.0 Å². The van der Waals surface area contributed by atoms with E-state index in [-0.39, 0.29) is 24.0 Å². The van der Waals surface area contributed by atoms with Crippen molar-refractivity contribution < 1.29 is 14.0 Å². The number of hydrogen-bond acceptors (Lipinski definition) is 4. The van der Waals surface area contributed by atoms with Gasteiger partial charge in [-0.15, -0.1) is 0 Å². The number of furan rings is 1. The summed E-state index contributed by atoms with van der Waals surface area (Å²) in [4.78, 5) is 24.3. The van der Waals surface area contributed by atoms with Gasteiger partial charge < -0.3 is 15.1 Å². The molecule has 0 aliphatic rings. The quantitative estimate of drug-likeness (QED) is 0.506. The number of carbonyl (C=O) groups is 2. The van der Waals surface area contributed by atoms with E-state index < -0.39 is 0 Å². The summed E-state index contributed by atoms with van der Waals surface area (Å²) in [7, 11) is 0. The van der Waals surface area contributed by atoms with E-state index in [0.29, 0.717) is 17.0 Å². The minimum Gasteiger partial charge on any atom is -0.451 e. The Bertz CT molecular complexity index is 1050. The maximum Gasteiger partial charge on any atom is 0.291 e. The van der Waals surface area contributed by atoms with E-state index in [4.69, 9.17) is 4.42 Å². The summed E-state index contributed by atoms with van der Waals surface area (Å²) >= 11 is 0. The van der Waals surface area contributed by atoms with Crippen LogP contribution >= 0.6 is 0 Å². The Labute approximate surface area is 154 Å². The number of rotatable bonds is 5. The minimum absolute atomic E-state index is 0.143. The summed E-state index contributed by atoms with van der Waals surface area (Å²) in [5, 5.41) is 12.8. The van der Waals surface area contributed by atoms with Crippen LogP contribution in [0.2, 0.25) is 0 Å². The van der Waals surface area contributed by atoms with Gasteiger partial charge in [-0.3, -0.25) is 14.7 Å². The fraction of sp³-hybridized carbons (Fsp3) is 0.0500. The molecule has 7 heteroatoms.